The Morgan fingerprint density at radius 3 is 2.42 bits per heavy atom. The van der Waals surface area contributed by atoms with Crippen LogP contribution in [0, 0.1) is 5.82 Å². The molecule has 122 valence electrons. The average Bonchev–Trinajstić information content (AvgIpc) is 3.42. The molecule has 0 atom stereocenters. The molecular formula is C19H17FN2O2. The van der Waals surface area contributed by atoms with Crippen molar-refractivity contribution in [1.29, 1.82) is 0 Å². The van der Waals surface area contributed by atoms with Gasteiger partial charge in [-0.2, -0.15) is 0 Å². The van der Waals surface area contributed by atoms with E-state index in [1.807, 2.05) is 24.3 Å². The number of hydrogen-bond donors (Lipinski definition) is 2. The smallest absolute Gasteiger partial charge is 0.410 e. The molecule has 4 rings (SSSR count). The van der Waals surface area contributed by atoms with Crippen molar-refractivity contribution in [3.63, 3.8) is 0 Å². The SMILES string of the molecule is C1CC1.O=C(O)Nc1cc2ccc(-c3cccc(F)c3)cc2cn1. The van der Waals surface area contributed by atoms with Gasteiger partial charge in [-0.1, -0.05) is 43.5 Å². The molecule has 1 aliphatic carbocycles. The van der Waals surface area contributed by atoms with Crippen molar-refractivity contribution in [2.24, 2.45) is 0 Å². The Labute approximate surface area is 139 Å². The minimum absolute atomic E-state index is 0.272. The zero-order valence-electron chi connectivity index (χ0n) is 13.0. The molecule has 24 heavy (non-hydrogen) atoms. The maximum Gasteiger partial charge on any atom is 0.410 e. The summed E-state index contributed by atoms with van der Waals surface area (Å²) in [6.07, 6.45) is 4.93. The van der Waals surface area contributed by atoms with E-state index in [1.165, 1.54) is 31.4 Å². The van der Waals surface area contributed by atoms with Gasteiger partial charge in [-0.15, -0.1) is 0 Å². The van der Waals surface area contributed by atoms with Crippen LogP contribution in [-0.2, 0) is 0 Å². The summed E-state index contributed by atoms with van der Waals surface area (Å²) in [4.78, 5) is 14.6. The number of nitrogens with zero attached hydrogens (tertiary/aromatic N) is 1. The van der Waals surface area contributed by atoms with Crippen LogP contribution in [0.25, 0.3) is 21.9 Å². The van der Waals surface area contributed by atoms with Gasteiger partial charge in [-0.3, -0.25) is 5.32 Å². The van der Waals surface area contributed by atoms with Crippen LogP contribution in [0.4, 0.5) is 15.0 Å². The first-order chi connectivity index (χ1) is 11.6. The summed E-state index contributed by atoms with van der Waals surface area (Å²) in [5, 5.41) is 12.6. The predicted octanol–water partition coefficient (Wildman–Crippen LogP) is 5.30. The fourth-order valence-electron chi connectivity index (χ4n) is 2.17. The van der Waals surface area contributed by atoms with E-state index in [0.29, 0.717) is 0 Å². The fourth-order valence-corrected chi connectivity index (χ4v) is 2.17. The van der Waals surface area contributed by atoms with Crippen molar-refractivity contribution in [2.45, 2.75) is 19.3 Å². The highest BCUT2D eigenvalue weighted by Gasteiger charge is 2.04. The number of aromatic nitrogens is 1. The van der Waals surface area contributed by atoms with Crippen LogP contribution in [0.1, 0.15) is 19.3 Å². The third-order valence-corrected chi connectivity index (χ3v) is 3.47. The quantitative estimate of drug-likeness (QED) is 0.672. The summed E-state index contributed by atoms with van der Waals surface area (Å²) < 4.78 is 13.3. The number of halogens is 1. The lowest BCUT2D eigenvalue weighted by Gasteiger charge is -2.06. The first kappa shape index (κ1) is 15.9. The number of pyridine rings is 1. The summed E-state index contributed by atoms with van der Waals surface area (Å²) >= 11 is 0. The van der Waals surface area contributed by atoms with E-state index >= 15 is 0 Å². The van der Waals surface area contributed by atoms with Gasteiger partial charge < -0.3 is 5.11 Å². The number of carbonyl (C=O) groups is 1. The molecule has 2 aromatic carbocycles. The fraction of sp³-hybridized carbons (Fsp3) is 0.158. The third kappa shape index (κ3) is 4.29. The first-order valence-corrected chi connectivity index (χ1v) is 7.77. The molecule has 2 N–H and O–H groups in total. The van der Waals surface area contributed by atoms with Gasteiger partial charge in [0.05, 0.1) is 0 Å². The highest BCUT2D eigenvalue weighted by Crippen LogP contribution is 2.25. The van der Waals surface area contributed by atoms with Crippen LogP contribution in [0.3, 0.4) is 0 Å². The van der Waals surface area contributed by atoms with Crippen molar-refractivity contribution in [1.82, 2.24) is 4.98 Å². The van der Waals surface area contributed by atoms with Crippen molar-refractivity contribution in [2.75, 3.05) is 5.32 Å². The number of rotatable bonds is 2. The molecule has 0 aliphatic heterocycles. The highest BCUT2D eigenvalue weighted by atomic mass is 19.1. The molecule has 3 aromatic rings. The summed E-state index contributed by atoms with van der Waals surface area (Å²) in [7, 11) is 0. The Morgan fingerprint density at radius 2 is 1.75 bits per heavy atom. The summed E-state index contributed by atoms with van der Waals surface area (Å²) in [5.74, 6) is -0.0137. The van der Waals surface area contributed by atoms with Crippen molar-refractivity contribution < 1.29 is 14.3 Å². The first-order valence-electron chi connectivity index (χ1n) is 7.77. The lowest BCUT2D eigenvalue weighted by Crippen LogP contribution is -2.08. The second-order valence-corrected chi connectivity index (χ2v) is 5.63. The van der Waals surface area contributed by atoms with Gasteiger partial charge in [0.1, 0.15) is 11.6 Å². The van der Waals surface area contributed by atoms with E-state index in [2.05, 4.69) is 10.3 Å². The maximum atomic E-state index is 13.3. The van der Waals surface area contributed by atoms with Crippen molar-refractivity contribution >= 4 is 22.7 Å². The van der Waals surface area contributed by atoms with Gasteiger partial charge in [0.25, 0.3) is 0 Å². The molecule has 1 saturated carbocycles. The van der Waals surface area contributed by atoms with Crippen LogP contribution < -0.4 is 5.32 Å². The zero-order valence-corrected chi connectivity index (χ0v) is 13.0. The number of nitrogens with one attached hydrogen (secondary N) is 1. The third-order valence-electron chi connectivity index (χ3n) is 3.47. The van der Waals surface area contributed by atoms with E-state index in [4.69, 9.17) is 5.11 Å². The minimum Gasteiger partial charge on any atom is -0.465 e. The molecule has 1 fully saturated rings. The van der Waals surface area contributed by atoms with E-state index in [0.717, 1.165) is 21.9 Å². The van der Waals surface area contributed by atoms with E-state index in [9.17, 15) is 9.18 Å². The van der Waals surface area contributed by atoms with Gasteiger partial charge in [0.2, 0.25) is 0 Å². The molecule has 0 spiro atoms. The number of benzene rings is 2. The molecule has 1 aliphatic rings. The Kier molecular flexibility index (Phi) is 4.70. The molecule has 1 heterocycles. The molecule has 0 bridgehead atoms. The average molecular weight is 324 g/mol. The highest BCUT2D eigenvalue weighted by molar-refractivity contribution is 5.90. The maximum absolute atomic E-state index is 13.3. The molecule has 0 saturated heterocycles. The van der Waals surface area contributed by atoms with Gasteiger partial charge in [-0.25, -0.2) is 14.2 Å². The Hall–Kier alpha value is -2.95. The van der Waals surface area contributed by atoms with Crippen molar-refractivity contribution in [3.05, 3.63) is 60.5 Å². The number of fused-ring (bicyclic) bond motifs is 1. The molecule has 4 nitrogen and oxygen atoms in total. The molecular weight excluding hydrogens is 307 g/mol. The van der Waals surface area contributed by atoms with Crippen LogP contribution in [0.15, 0.2) is 54.7 Å². The van der Waals surface area contributed by atoms with Crippen LogP contribution >= 0.6 is 0 Å². The number of amides is 1. The number of hydrogen-bond acceptors (Lipinski definition) is 2. The topological polar surface area (TPSA) is 62.2 Å². The number of carboxylic acid groups (broad SMARTS) is 1. The number of anilines is 1. The Bertz CT molecular complexity index is 875. The predicted molar refractivity (Wildman–Crippen MR) is 92.6 cm³/mol. The van der Waals surface area contributed by atoms with E-state index in [1.54, 1.807) is 18.3 Å². The molecule has 1 amide bonds. The standard InChI is InChI=1S/C16H11FN2O2.C3H6/c17-14-3-1-2-10(7-14)11-4-5-12-8-15(19-16(20)21)18-9-13(12)6-11;1-2-3-1/h1-9H,(H,18,19)(H,20,21);1-3H2. The zero-order chi connectivity index (χ0) is 16.9. The summed E-state index contributed by atoms with van der Waals surface area (Å²) in [6, 6.07) is 13.6. The van der Waals surface area contributed by atoms with Crippen molar-refractivity contribution in [3.8, 4) is 11.1 Å². The van der Waals surface area contributed by atoms with E-state index < -0.39 is 6.09 Å². The molecule has 5 heteroatoms. The summed E-state index contributed by atoms with van der Waals surface area (Å²) in [6.45, 7) is 0. The van der Waals surface area contributed by atoms with Crippen LogP contribution in [-0.4, -0.2) is 16.2 Å². The Morgan fingerprint density at radius 1 is 1.00 bits per heavy atom. The summed E-state index contributed by atoms with van der Waals surface area (Å²) in [5.41, 5.74) is 1.66. The molecule has 0 unspecified atom stereocenters. The minimum atomic E-state index is -1.15. The van der Waals surface area contributed by atoms with Gasteiger partial charge >= 0.3 is 6.09 Å². The normalized spacial score (nSPS) is 12.2. The lowest BCUT2D eigenvalue weighted by atomic mass is 10.0. The van der Waals surface area contributed by atoms with E-state index in [-0.39, 0.29) is 11.6 Å². The van der Waals surface area contributed by atoms with Gasteiger partial charge in [0.15, 0.2) is 0 Å². The van der Waals surface area contributed by atoms with Gasteiger partial charge in [-0.05, 0) is 40.8 Å². The molecule has 0 radical (unpaired) electrons. The van der Waals surface area contributed by atoms with Crippen LogP contribution in [0.2, 0.25) is 0 Å². The lowest BCUT2D eigenvalue weighted by molar-refractivity contribution is 0.209. The second kappa shape index (κ2) is 7.08. The monoisotopic (exact) mass is 324 g/mol. The van der Waals surface area contributed by atoms with Gasteiger partial charge in [0, 0.05) is 11.6 Å². The second-order valence-electron chi connectivity index (χ2n) is 5.63. The molecule has 1 aromatic heterocycles. The van der Waals surface area contributed by atoms with Crippen LogP contribution in [0.5, 0.6) is 0 Å². The largest absolute Gasteiger partial charge is 0.465 e. The Balaban J connectivity index is 0.000000508.